The molecule has 66 valence electrons. The van der Waals surface area contributed by atoms with E-state index in [-0.39, 0.29) is 18.1 Å². The summed E-state index contributed by atoms with van der Waals surface area (Å²) in [5.41, 5.74) is 0.453. The van der Waals surface area contributed by atoms with Crippen LogP contribution in [0.15, 0.2) is 35.6 Å². The van der Waals surface area contributed by atoms with Gasteiger partial charge in [-0.15, -0.1) is 0 Å². The first kappa shape index (κ1) is 8.97. The maximum Gasteiger partial charge on any atom is 0.123 e. The summed E-state index contributed by atoms with van der Waals surface area (Å²) >= 11 is 0. The Morgan fingerprint density at radius 2 is 2.08 bits per heavy atom. The van der Waals surface area contributed by atoms with Crippen LogP contribution in [0, 0.1) is 0 Å². The van der Waals surface area contributed by atoms with Crippen molar-refractivity contribution in [3.8, 4) is 0 Å². The van der Waals surface area contributed by atoms with E-state index in [4.69, 9.17) is 0 Å². The normalized spacial score (nSPS) is 31.4. The second kappa shape index (κ2) is 4.04. The van der Waals surface area contributed by atoms with Gasteiger partial charge in [0, 0.05) is 25.6 Å². The topological polar surface area (TPSA) is 12.0 Å². The summed E-state index contributed by atoms with van der Waals surface area (Å²) in [5.74, 6) is -0.534. The summed E-state index contributed by atoms with van der Waals surface area (Å²) in [6.45, 7) is 0. The Hall–Kier alpha value is -1.12. The Labute approximate surface area is 70.5 Å². The molecular weight excluding hydrogens is 160 g/mol. The minimum absolute atomic E-state index is 0.164. The molecule has 0 saturated heterocycles. The third-order valence-corrected chi connectivity index (χ3v) is 1.70. The van der Waals surface area contributed by atoms with Crippen molar-refractivity contribution in [1.82, 2.24) is 5.32 Å². The van der Waals surface area contributed by atoms with E-state index in [1.807, 2.05) is 0 Å². The number of allylic oxidation sites excluding steroid dienone is 5. The molecule has 0 spiro atoms. The van der Waals surface area contributed by atoms with Crippen molar-refractivity contribution in [1.29, 1.82) is 0 Å². The highest BCUT2D eigenvalue weighted by atomic mass is 19.1. The molecule has 0 radical (unpaired) electrons. The molecule has 1 rings (SSSR count). The molecule has 0 amide bonds. The van der Waals surface area contributed by atoms with Gasteiger partial charge in [-0.25, -0.2) is 8.78 Å². The van der Waals surface area contributed by atoms with E-state index >= 15 is 0 Å². The Kier molecular flexibility index (Phi) is 3.02. The average Bonchev–Trinajstić information content (AvgIpc) is 2.03. The van der Waals surface area contributed by atoms with Gasteiger partial charge in [-0.2, -0.15) is 0 Å². The zero-order valence-electron chi connectivity index (χ0n) is 6.90. The van der Waals surface area contributed by atoms with Crippen LogP contribution in [0.3, 0.4) is 0 Å². The highest BCUT2D eigenvalue weighted by Crippen LogP contribution is 2.17. The second-order valence-electron chi connectivity index (χ2n) is 2.53. The average molecular weight is 171 g/mol. The molecule has 0 saturated carbocycles. The lowest BCUT2D eigenvalue weighted by molar-refractivity contribution is 0.582. The SMILES string of the molecule is CN/C1=C(\F)C/C=C\C(F)=C/C1. The van der Waals surface area contributed by atoms with Crippen LogP contribution in [0.25, 0.3) is 0 Å². The summed E-state index contributed by atoms with van der Waals surface area (Å²) < 4.78 is 25.7. The van der Waals surface area contributed by atoms with Crippen molar-refractivity contribution in [2.24, 2.45) is 0 Å². The molecule has 1 nitrogen and oxygen atoms in total. The number of nitrogens with one attached hydrogen (secondary N) is 1. The summed E-state index contributed by atoms with van der Waals surface area (Å²) in [6.07, 6.45) is 4.56. The van der Waals surface area contributed by atoms with E-state index in [0.717, 1.165) is 0 Å². The van der Waals surface area contributed by atoms with E-state index in [9.17, 15) is 8.78 Å². The lowest BCUT2D eigenvalue weighted by atomic mass is 10.1. The molecule has 0 aromatic rings. The van der Waals surface area contributed by atoms with Gasteiger partial charge >= 0.3 is 0 Å². The summed E-state index contributed by atoms with van der Waals surface area (Å²) in [7, 11) is 1.63. The molecule has 0 unspecified atom stereocenters. The maximum atomic E-state index is 13.0. The van der Waals surface area contributed by atoms with Crippen molar-refractivity contribution in [3.63, 3.8) is 0 Å². The number of halogens is 2. The van der Waals surface area contributed by atoms with Gasteiger partial charge in [-0.3, -0.25) is 0 Å². The van der Waals surface area contributed by atoms with Gasteiger partial charge in [-0.1, -0.05) is 6.08 Å². The fourth-order valence-electron chi connectivity index (χ4n) is 1.01. The standard InChI is InChI=1S/C9H11F2N/c1-12-9-6-5-7(10)3-2-4-8(9)11/h2-3,5,12H,4,6H2,1H3/b3-2-,7-5+,9-8-. The minimum Gasteiger partial charge on any atom is -0.389 e. The molecule has 1 aliphatic rings. The number of hydrogen-bond donors (Lipinski definition) is 1. The Bertz CT molecular complexity index is 251. The highest BCUT2D eigenvalue weighted by Gasteiger charge is 2.04. The molecule has 0 aromatic carbocycles. The van der Waals surface area contributed by atoms with Crippen LogP contribution in [-0.4, -0.2) is 7.05 Å². The van der Waals surface area contributed by atoms with Crippen LogP contribution >= 0.6 is 0 Å². The first-order chi connectivity index (χ1) is 5.74. The molecule has 0 heterocycles. The van der Waals surface area contributed by atoms with Crippen LogP contribution in [0.1, 0.15) is 12.8 Å². The molecule has 0 bridgehead atoms. The summed E-state index contributed by atoms with van der Waals surface area (Å²) in [4.78, 5) is 0. The van der Waals surface area contributed by atoms with Gasteiger partial charge in [0.15, 0.2) is 0 Å². The first-order valence-corrected chi connectivity index (χ1v) is 3.81. The van der Waals surface area contributed by atoms with Crippen molar-refractivity contribution in [3.05, 3.63) is 35.6 Å². The first-order valence-electron chi connectivity index (χ1n) is 3.81. The van der Waals surface area contributed by atoms with Crippen LogP contribution < -0.4 is 5.32 Å². The molecule has 3 heteroatoms. The van der Waals surface area contributed by atoms with E-state index < -0.39 is 0 Å². The minimum atomic E-state index is -0.310. The lowest BCUT2D eigenvalue weighted by Gasteiger charge is -2.06. The van der Waals surface area contributed by atoms with Crippen LogP contribution in [0.5, 0.6) is 0 Å². The molecule has 12 heavy (non-hydrogen) atoms. The van der Waals surface area contributed by atoms with E-state index in [2.05, 4.69) is 5.32 Å². The Morgan fingerprint density at radius 3 is 2.75 bits per heavy atom. The molecule has 0 aromatic heterocycles. The molecule has 0 atom stereocenters. The van der Waals surface area contributed by atoms with Crippen LogP contribution in [0.2, 0.25) is 0 Å². The number of rotatable bonds is 1. The summed E-state index contributed by atoms with van der Waals surface area (Å²) in [5, 5.41) is 2.70. The predicted molar refractivity (Wildman–Crippen MR) is 44.8 cm³/mol. The van der Waals surface area contributed by atoms with Crippen LogP contribution in [0.4, 0.5) is 8.78 Å². The van der Waals surface area contributed by atoms with Crippen molar-refractivity contribution >= 4 is 0 Å². The van der Waals surface area contributed by atoms with Crippen LogP contribution in [-0.2, 0) is 0 Å². The molecule has 0 aliphatic heterocycles. The van der Waals surface area contributed by atoms with Gasteiger partial charge in [-0.05, 0) is 12.2 Å². The fourth-order valence-corrected chi connectivity index (χ4v) is 1.01. The second-order valence-corrected chi connectivity index (χ2v) is 2.53. The maximum absolute atomic E-state index is 13.0. The van der Waals surface area contributed by atoms with Crippen molar-refractivity contribution in [2.75, 3.05) is 7.05 Å². The molecule has 1 aliphatic carbocycles. The summed E-state index contributed by atoms with van der Waals surface area (Å²) in [6, 6.07) is 0. The van der Waals surface area contributed by atoms with Crippen molar-refractivity contribution in [2.45, 2.75) is 12.8 Å². The zero-order valence-corrected chi connectivity index (χ0v) is 6.90. The zero-order chi connectivity index (χ0) is 8.97. The van der Waals surface area contributed by atoms with Gasteiger partial charge in [0.2, 0.25) is 0 Å². The van der Waals surface area contributed by atoms with Crippen molar-refractivity contribution < 1.29 is 8.78 Å². The largest absolute Gasteiger partial charge is 0.389 e. The monoisotopic (exact) mass is 171 g/mol. The van der Waals surface area contributed by atoms with Gasteiger partial charge < -0.3 is 5.32 Å². The van der Waals surface area contributed by atoms with E-state index in [1.54, 1.807) is 7.05 Å². The highest BCUT2D eigenvalue weighted by molar-refractivity contribution is 5.22. The third-order valence-electron chi connectivity index (χ3n) is 1.70. The molecule has 1 N–H and O–H groups in total. The molecular formula is C9H11F2N. The van der Waals surface area contributed by atoms with E-state index in [1.165, 1.54) is 18.2 Å². The fraction of sp³-hybridized carbons (Fsp3) is 0.333. The smallest absolute Gasteiger partial charge is 0.123 e. The van der Waals surface area contributed by atoms with Gasteiger partial charge in [0.1, 0.15) is 11.7 Å². The third kappa shape index (κ3) is 2.19. The number of hydrogen-bond acceptors (Lipinski definition) is 1. The van der Waals surface area contributed by atoms with Gasteiger partial charge in [0.05, 0.1) is 0 Å². The Balaban J connectivity index is 2.84. The quantitative estimate of drug-likeness (QED) is 0.639. The lowest BCUT2D eigenvalue weighted by Crippen LogP contribution is -2.07. The van der Waals surface area contributed by atoms with E-state index in [0.29, 0.717) is 12.1 Å². The Morgan fingerprint density at radius 1 is 1.33 bits per heavy atom. The van der Waals surface area contributed by atoms with Gasteiger partial charge in [0.25, 0.3) is 0 Å². The predicted octanol–water partition coefficient (Wildman–Crippen LogP) is 2.59. The molecule has 0 fully saturated rings.